The van der Waals surface area contributed by atoms with Crippen LogP contribution in [0.2, 0.25) is 5.02 Å². The summed E-state index contributed by atoms with van der Waals surface area (Å²) < 4.78 is 14.7. The van der Waals surface area contributed by atoms with Gasteiger partial charge in [-0.2, -0.15) is 0 Å². The molecule has 3 aromatic rings. The molecule has 0 aliphatic carbocycles. The Bertz CT molecular complexity index is 1000. The largest absolute Gasteiger partial charge is 0.272 e. The first-order valence-electron chi connectivity index (χ1n) is 8.04. The first-order chi connectivity index (χ1) is 12.6. The first kappa shape index (κ1) is 17.6. The van der Waals surface area contributed by atoms with E-state index < -0.39 is 0 Å². The van der Waals surface area contributed by atoms with E-state index in [2.05, 4.69) is 0 Å². The minimum Gasteiger partial charge on any atom is -0.268 e. The maximum absolute atomic E-state index is 13.1. The van der Waals surface area contributed by atoms with Gasteiger partial charge in [-0.05, 0) is 42.0 Å². The first-order valence-corrected chi connectivity index (χ1v) is 10.4. The molecule has 0 N–H and O–H groups in total. The van der Waals surface area contributed by atoms with Crippen molar-refractivity contribution in [1.29, 1.82) is 0 Å². The normalized spacial score (nSPS) is 13.0. The number of thioether (sulfide) groups is 2. The third kappa shape index (κ3) is 3.54. The van der Waals surface area contributed by atoms with Crippen LogP contribution in [0.1, 0.15) is 11.3 Å². The maximum Gasteiger partial charge on any atom is 0.272 e. The molecule has 0 bridgehead atoms. The summed E-state index contributed by atoms with van der Waals surface area (Å²) in [5.41, 5.74) is 2.54. The van der Waals surface area contributed by atoms with Gasteiger partial charge in [-0.25, -0.2) is 9.37 Å². The maximum atomic E-state index is 13.1. The molecular weight excluding hydrogens is 391 g/mol. The van der Waals surface area contributed by atoms with Crippen molar-refractivity contribution in [2.45, 2.75) is 22.2 Å². The van der Waals surface area contributed by atoms with Crippen molar-refractivity contribution in [1.82, 2.24) is 9.55 Å². The zero-order valence-corrected chi connectivity index (χ0v) is 16.0. The lowest BCUT2D eigenvalue weighted by Crippen LogP contribution is -2.23. The fourth-order valence-corrected chi connectivity index (χ4v) is 4.87. The average Bonchev–Trinajstić information content (AvgIpc) is 3.11. The van der Waals surface area contributed by atoms with Gasteiger partial charge in [0.25, 0.3) is 5.56 Å². The molecule has 3 nitrogen and oxygen atoms in total. The van der Waals surface area contributed by atoms with Crippen LogP contribution in [-0.2, 0) is 12.2 Å². The minimum absolute atomic E-state index is 0.0403. The van der Waals surface area contributed by atoms with E-state index in [1.807, 2.05) is 12.1 Å². The lowest BCUT2D eigenvalue weighted by Gasteiger charge is -2.14. The number of fused-ring (bicyclic) bond motifs is 1. The summed E-state index contributed by atoms with van der Waals surface area (Å²) in [5, 5.41) is 1.26. The van der Waals surface area contributed by atoms with E-state index in [0.29, 0.717) is 15.9 Å². The smallest absolute Gasteiger partial charge is 0.268 e. The molecule has 2 aromatic carbocycles. The van der Waals surface area contributed by atoms with Crippen molar-refractivity contribution in [3.63, 3.8) is 0 Å². The molecule has 0 saturated carbocycles. The van der Waals surface area contributed by atoms with E-state index in [-0.39, 0.29) is 11.4 Å². The van der Waals surface area contributed by atoms with Gasteiger partial charge >= 0.3 is 0 Å². The number of aryl methyl sites for hydroxylation is 1. The molecule has 0 saturated heterocycles. The topological polar surface area (TPSA) is 34.9 Å². The van der Waals surface area contributed by atoms with Gasteiger partial charge in [0.05, 0.1) is 16.3 Å². The van der Waals surface area contributed by atoms with Crippen LogP contribution in [0.25, 0.3) is 5.69 Å². The van der Waals surface area contributed by atoms with E-state index in [4.69, 9.17) is 16.6 Å². The summed E-state index contributed by atoms with van der Waals surface area (Å²) in [6.45, 7) is 0. The summed E-state index contributed by atoms with van der Waals surface area (Å²) in [5.74, 6) is 1.22. The Morgan fingerprint density at radius 1 is 1.15 bits per heavy atom. The number of rotatable bonds is 4. The number of benzene rings is 2. The highest BCUT2D eigenvalue weighted by Crippen LogP contribution is 2.31. The summed E-state index contributed by atoms with van der Waals surface area (Å²) in [4.78, 5) is 18.5. The van der Waals surface area contributed by atoms with Gasteiger partial charge in [0.15, 0.2) is 5.16 Å². The van der Waals surface area contributed by atoms with E-state index in [0.717, 1.165) is 34.0 Å². The van der Waals surface area contributed by atoms with Crippen LogP contribution in [-0.4, -0.2) is 15.3 Å². The molecule has 0 unspecified atom stereocenters. The molecule has 7 heteroatoms. The van der Waals surface area contributed by atoms with Crippen molar-refractivity contribution >= 4 is 35.1 Å². The zero-order chi connectivity index (χ0) is 18.1. The lowest BCUT2D eigenvalue weighted by molar-refractivity contribution is 0.627. The van der Waals surface area contributed by atoms with Crippen LogP contribution in [0.15, 0.2) is 63.4 Å². The van der Waals surface area contributed by atoms with E-state index >= 15 is 0 Å². The fraction of sp³-hybridized carbons (Fsp3) is 0.158. The third-order valence-electron chi connectivity index (χ3n) is 4.03. The van der Waals surface area contributed by atoms with Gasteiger partial charge in [-0.15, -0.1) is 11.8 Å². The van der Waals surface area contributed by atoms with Crippen LogP contribution in [0.3, 0.4) is 0 Å². The van der Waals surface area contributed by atoms with Gasteiger partial charge in [0.1, 0.15) is 5.82 Å². The highest BCUT2D eigenvalue weighted by atomic mass is 35.5. The number of hydrogen-bond acceptors (Lipinski definition) is 4. The number of halogens is 2. The van der Waals surface area contributed by atoms with Gasteiger partial charge in [-0.3, -0.25) is 9.36 Å². The van der Waals surface area contributed by atoms with Gasteiger partial charge in [0, 0.05) is 22.9 Å². The SMILES string of the molecule is O=c1c2c(nc(SCc3ccc(F)cc3)n1-c1ccc(Cl)cc1)CCS2. The number of hydrogen-bond donors (Lipinski definition) is 0. The van der Waals surface area contributed by atoms with Gasteiger partial charge < -0.3 is 0 Å². The highest BCUT2D eigenvalue weighted by Gasteiger charge is 2.22. The van der Waals surface area contributed by atoms with Crippen molar-refractivity contribution in [2.24, 2.45) is 0 Å². The monoisotopic (exact) mass is 404 g/mol. The van der Waals surface area contributed by atoms with Gasteiger partial charge in [-0.1, -0.05) is 35.5 Å². The predicted molar refractivity (Wildman–Crippen MR) is 105 cm³/mol. The Morgan fingerprint density at radius 3 is 2.62 bits per heavy atom. The molecule has 2 heterocycles. The number of nitrogens with zero attached hydrogens (tertiary/aromatic N) is 2. The van der Waals surface area contributed by atoms with Crippen LogP contribution in [0.5, 0.6) is 0 Å². The van der Waals surface area contributed by atoms with Crippen LogP contribution in [0, 0.1) is 5.82 Å². The zero-order valence-electron chi connectivity index (χ0n) is 13.6. The Balaban J connectivity index is 1.75. The van der Waals surface area contributed by atoms with Crippen LogP contribution >= 0.6 is 35.1 Å². The third-order valence-corrected chi connectivity index (χ3v) is 6.40. The summed E-state index contributed by atoms with van der Waals surface area (Å²) in [6, 6.07) is 13.5. The molecule has 1 aliphatic rings. The average molecular weight is 405 g/mol. The predicted octanol–water partition coefficient (Wildman–Crippen LogP) is 4.97. The Labute approximate surface area is 163 Å². The van der Waals surface area contributed by atoms with Crippen molar-refractivity contribution < 1.29 is 4.39 Å². The van der Waals surface area contributed by atoms with Crippen molar-refractivity contribution in [3.05, 3.63) is 81.0 Å². The molecule has 4 rings (SSSR count). The molecule has 0 atom stereocenters. The van der Waals surface area contributed by atoms with E-state index in [1.165, 1.54) is 23.9 Å². The van der Waals surface area contributed by atoms with Crippen molar-refractivity contribution in [2.75, 3.05) is 5.75 Å². The molecule has 1 aliphatic heterocycles. The minimum atomic E-state index is -0.260. The molecule has 1 aromatic heterocycles. The molecule has 0 fully saturated rings. The summed E-state index contributed by atoms with van der Waals surface area (Å²) in [6.07, 6.45) is 0.806. The second kappa shape index (κ2) is 7.47. The van der Waals surface area contributed by atoms with E-state index in [1.54, 1.807) is 40.6 Å². The Morgan fingerprint density at radius 2 is 1.88 bits per heavy atom. The highest BCUT2D eigenvalue weighted by molar-refractivity contribution is 7.99. The molecule has 26 heavy (non-hydrogen) atoms. The molecule has 132 valence electrons. The second-order valence-corrected chi connectivity index (χ2v) is 8.28. The quantitative estimate of drug-likeness (QED) is 0.454. The molecule has 0 amide bonds. The van der Waals surface area contributed by atoms with Crippen LogP contribution < -0.4 is 5.56 Å². The summed E-state index contributed by atoms with van der Waals surface area (Å²) in [7, 11) is 0. The van der Waals surface area contributed by atoms with Crippen LogP contribution in [0.4, 0.5) is 4.39 Å². The Kier molecular flexibility index (Phi) is 5.07. The fourth-order valence-electron chi connectivity index (χ4n) is 2.74. The standard InChI is InChI=1S/C19H14ClFN2OS2/c20-13-3-7-15(8-4-13)23-18(24)17-16(9-10-25-17)22-19(23)26-11-12-1-5-14(21)6-2-12/h1-8H,9-11H2. The number of aromatic nitrogens is 2. The second-order valence-electron chi connectivity index (χ2n) is 5.80. The lowest BCUT2D eigenvalue weighted by atomic mass is 10.2. The van der Waals surface area contributed by atoms with E-state index in [9.17, 15) is 9.18 Å². The molecular formula is C19H14ClFN2OS2. The van der Waals surface area contributed by atoms with Crippen molar-refractivity contribution in [3.8, 4) is 5.69 Å². The van der Waals surface area contributed by atoms with Gasteiger partial charge in [0.2, 0.25) is 0 Å². The molecule has 0 radical (unpaired) electrons. The summed E-state index contributed by atoms with van der Waals surface area (Å²) >= 11 is 9.01. The Hall–Kier alpha value is -1.76. The molecule has 0 spiro atoms.